The fraction of sp³-hybridized carbons (Fsp3) is 0.294. The second-order valence-corrected chi connectivity index (χ2v) is 6.62. The number of benzene rings is 2. The van der Waals surface area contributed by atoms with Gasteiger partial charge in [0.2, 0.25) is 0 Å². The molecule has 1 heterocycles. The van der Waals surface area contributed by atoms with Crippen LogP contribution in [-0.4, -0.2) is 13.1 Å². The number of nitrogens with one attached hydrogen (secondary N) is 1. The van der Waals surface area contributed by atoms with Gasteiger partial charge in [0.15, 0.2) is 0 Å². The standard InChI is InChI=1S/C17H18BrClN2/c18-17-7-6-14(19)10-13(17)12-20-15-4-3-5-16(11-15)21-8-1-2-9-21/h3-7,10-11,20H,1-2,8-9,12H2. The van der Waals surface area contributed by atoms with Crippen LogP contribution in [0.25, 0.3) is 0 Å². The first-order valence-corrected chi connectivity index (χ1v) is 8.42. The molecule has 21 heavy (non-hydrogen) atoms. The molecule has 2 aromatic rings. The van der Waals surface area contributed by atoms with Gasteiger partial charge < -0.3 is 10.2 Å². The molecule has 3 rings (SSSR count). The molecule has 0 saturated carbocycles. The Bertz CT molecular complexity index is 624. The highest BCUT2D eigenvalue weighted by Crippen LogP contribution is 2.25. The third kappa shape index (κ3) is 3.72. The molecule has 1 aliphatic rings. The van der Waals surface area contributed by atoms with E-state index in [2.05, 4.69) is 50.4 Å². The highest BCUT2D eigenvalue weighted by atomic mass is 79.9. The van der Waals surface area contributed by atoms with Crippen molar-refractivity contribution in [2.75, 3.05) is 23.3 Å². The van der Waals surface area contributed by atoms with Crippen molar-refractivity contribution in [1.29, 1.82) is 0 Å². The lowest BCUT2D eigenvalue weighted by Crippen LogP contribution is -2.17. The van der Waals surface area contributed by atoms with E-state index in [0.29, 0.717) is 0 Å². The van der Waals surface area contributed by atoms with E-state index in [0.717, 1.165) is 27.3 Å². The molecule has 0 amide bonds. The lowest BCUT2D eigenvalue weighted by molar-refractivity contribution is 0.949. The van der Waals surface area contributed by atoms with E-state index in [1.54, 1.807) is 0 Å². The van der Waals surface area contributed by atoms with Crippen LogP contribution in [0.4, 0.5) is 11.4 Å². The van der Waals surface area contributed by atoms with Crippen LogP contribution < -0.4 is 10.2 Å². The quantitative estimate of drug-likeness (QED) is 0.789. The van der Waals surface area contributed by atoms with Gasteiger partial charge in [0, 0.05) is 40.5 Å². The molecule has 0 unspecified atom stereocenters. The number of anilines is 2. The van der Waals surface area contributed by atoms with Crippen LogP contribution in [0.2, 0.25) is 5.02 Å². The van der Waals surface area contributed by atoms with Crippen LogP contribution in [0.1, 0.15) is 18.4 Å². The van der Waals surface area contributed by atoms with Crippen LogP contribution >= 0.6 is 27.5 Å². The van der Waals surface area contributed by atoms with E-state index in [1.165, 1.54) is 31.6 Å². The minimum atomic E-state index is 0.755. The summed E-state index contributed by atoms with van der Waals surface area (Å²) in [5.74, 6) is 0. The topological polar surface area (TPSA) is 15.3 Å². The first kappa shape index (κ1) is 14.7. The predicted molar refractivity (Wildman–Crippen MR) is 94.4 cm³/mol. The van der Waals surface area contributed by atoms with E-state index in [1.807, 2.05) is 18.2 Å². The fourth-order valence-electron chi connectivity index (χ4n) is 2.66. The minimum Gasteiger partial charge on any atom is -0.381 e. The van der Waals surface area contributed by atoms with Crippen molar-refractivity contribution in [2.24, 2.45) is 0 Å². The Morgan fingerprint density at radius 1 is 1.10 bits per heavy atom. The molecule has 0 radical (unpaired) electrons. The molecule has 0 spiro atoms. The van der Waals surface area contributed by atoms with Crippen molar-refractivity contribution < 1.29 is 0 Å². The van der Waals surface area contributed by atoms with Crippen LogP contribution in [0, 0.1) is 0 Å². The highest BCUT2D eigenvalue weighted by molar-refractivity contribution is 9.10. The normalized spacial score (nSPS) is 14.5. The molecule has 110 valence electrons. The van der Waals surface area contributed by atoms with E-state index in [4.69, 9.17) is 11.6 Å². The van der Waals surface area contributed by atoms with Crippen molar-refractivity contribution in [2.45, 2.75) is 19.4 Å². The van der Waals surface area contributed by atoms with Crippen molar-refractivity contribution in [3.63, 3.8) is 0 Å². The maximum atomic E-state index is 6.05. The molecule has 1 fully saturated rings. The maximum Gasteiger partial charge on any atom is 0.0412 e. The van der Waals surface area contributed by atoms with Gasteiger partial charge in [-0.05, 0) is 54.8 Å². The number of nitrogens with zero attached hydrogens (tertiary/aromatic N) is 1. The monoisotopic (exact) mass is 364 g/mol. The zero-order valence-corrected chi connectivity index (χ0v) is 14.1. The Hall–Kier alpha value is -1.19. The minimum absolute atomic E-state index is 0.755. The van der Waals surface area contributed by atoms with Gasteiger partial charge in [-0.1, -0.05) is 33.6 Å². The number of hydrogen-bond acceptors (Lipinski definition) is 2. The van der Waals surface area contributed by atoms with Crippen LogP contribution in [-0.2, 0) is 6.54 Å². The summed E-state index contributed by atoms with van der Waals surface area (Å²) < 4.78 is 1.08. The Balaban J connectivity index is 1.70. The molecule has 0 aliphatic carbocycles. The van der Waals surface area contributed by atoms with Crippen molar-refractivity contribution in [3.8, 4) is 0 Å². The summed E-state index contributed by atoms with van der Waals surface area (Å²) >= 11 is 9.62. The largest absolute Gasteiger partial charge is 0.381 e. The average molecular weight is 366 g/mol. The molecule has 2 aromatic carbocycles. The molecular weight excluding hydrogens is 348 g/mol. The first-order valence-electron chi connectivity index (χ1n) is 7.25. The number of halogens is 2. The Kier molecular flexibility index (Phi) is 4.71. The summed E-state index contributed by atoms with van der Waals surface area (Å²) in [6.45, 7) is 3.09. The summed E-state index contributed by atoms with van der Waals surface area (Å²) in [5.41, 5.74) is 3.61. The third-order valence-corrected chi connectivity index (χ3v) is 4.82. The lowest BCUT2D eigenvalue weighted by Gasteiger charge is -2.18. The van der Waals surface area contributed by atoms with Gasteiger partial charge in [0.25, 0.3) is 0 Å². The SMILES string of the molecule is Clc1ccc(Br)c(CNc2cccc(N3CCCC3)c2)c1. The van der Waals surface area contributed by atoms with Crippen molar-refractivity contribution in [1.82, 2.24) is 0 Å². The highest BCUT2D eigenvalue weighted by Gasteiger charge is 2.12. The van der Waals surface area contributed by atoms with Gasteiger partial charge in [-0.25, -0.2) is 0 Å². The predicted octanol–water partition coefficient (Wildman–Crippen LogP) is 5.31. The van der Waals surface area contributed by atoms with Gasteiger partial charge in [0.1, 0.15) is 0 Å². The smallest absolute Gasteiger partial charge is 0.0412 e. The summed E-state index contributed by atoms with van der Waals surface area (Å²) in [5, 5.41) is 4.24. The molecule has 1 N–H and O–H groups in total. The second kappa shape index (κ2) is 6.71. The van der Waals surface area contributed by atoms with Gasteiger partial charge in [-0.3, -0.25) is 0 Å². The van der Waals surface area contributed by atoms with E-state index >= 15 is 0 Å². The van der Waals surface area contributed by atoms with Gasteiger partial charge >= 0.3 is 0 Å². The molecule has 0 atom stereocenters. The zero-order valence-electron chi connectivity index (χ0n) is 11.8. The van der Waals surface area contributed by atoms with Gasteiger partial charge in [0.05, 0.1) is 0 Å². The van der Waals surface area contributed by atoms with E-state index < -0.39 is 0 Å². The van der Waals surface area contributed by atoms with E-state index in [9.17, 15) is 0 Å². The average Bonchev–Trinajstić information content (AvgIpc) is 3.03. The summed E-state index contributed by atoms with van der Waals surface area (Å²) in [4.78, 5) is 2.44. The van der Waals surface area contributed by atoms with Crippen LogP contribution in [0.3, 0.4) is 0 Å². The molecule has 1 aliphatic heterocycles. The number of hydrogen-bond donors (Lipinski definition) is 1. The molecular formula is C17H18BrClN2. The Morgan fingerprint density at radius 2 is 1.90 bits per heavy atom. The third-order valence-electron chi connectivity index (χ3n) is 3.81. The molecule has 0 bridgehead atoms. The van der Waals surface area contributed by atoms with Gasteiger partial charge in [-0.15, -0.1) is 0 Å². The maximum absolute atomic E-state index is 6.05. The summed E-state index contributed by atoms with van der Waals surface area (Å²) in [7, 11) is 0. The molecule has 1 saturated heterocycles. The Morgan fingerprint density at radius 3 is 2.71 bits per heavy atom. The first-order chi connectivity index (χ1) is 10.2. The molecule has 2 nitrogen and oxygen atoms in total. The second-order valence-electron chi connectivity index (χ2n) is 5.33. The summed E-state index contributed by atoms with van der Waals surface area (Å²) in [6, 6.07) is 14.5. The summed E-state index contributed by atoms with van der Waals surface area (Å²) in [6.07, 6.45) is 2.60. The van der Waals surface area contributed by atoms with Crippen molar-refractivity contribution in [3.05, 3.63) is 57.5 Å². The molecule has 4 heteroatoms. The van der Waals surface area contributed by atoms with Crippen molar-refractivity contribution >= 4 is 38.9 Å². The molecule has 0 aromatic heterocycles. The van der Waals surface area contributed by atoms with E-state index in [-0.39, 0.29) is 0 Å². The lowest BCUT2D eigenvalue weighted by atomic mass is 10.2. The van der Waals surface area contributed by atoms with Crippen LogP contribution in [0.5, 0.6) is 0 Å². The van der Waals surface area contributed by atoms with Gasteiger partial charge in [-0.2, -0.15) is 0 Å². The fourth-order valence-corrected chi connectivity index (χ4v) is 3.25. The zero-order chi connectivity index (χ0) is 14.7. The number of rotatable bonds is 4. The van der Waals surface area contributed by atoms with Crippen LogP contribution in [0.15, 0.2) is 46.9 Å². The Labute approximate surface area is 139 Å².